The van der Waals surface area contributed by atoms with Crippen molar-refractivity contribution >= 4 is 29.2 Å². The van der Waals surface area contributed by atoms with Crippen molar-refractivity contribution in [3.05, 3.63) is 70.0 Å². The molecule has 1 aromatic heterocycles. The van der Waals surface area contributed by atoms with Crippen molar-refractivity contribution < 1.29 is 14.1 Å². The molecule has 0 aliphatic carbocycles. The Labute approximate surface area is 148 Å². The van der Waals surface area contributed by atoms with Gasteiger partial charge in [-0.2, -0.15) is 4.98 Å². The van der Waals surface area contributed by atoms with Crippen LogP contribution in [-0.4, -0.2) is 16.1 Å². The number of carbonyl (C=O) groups excluding carboxylic acids is 1. The van der Waals surface area contributed by atoms with Crippen LogP contribution < -0.4 is 0 Å². The molecule has 3 aromatic rings. The predicted molar refractivity (Wildman–Crippen MR) is 89.7 cm³/mol. The minimum atomic E-state index is -0.422. The summed E-state index contributed by atoms with van der Waals surface area (Å²) in [7, 11) is 0. The maximum absolute atomic E-state index is 11.9. The van der Waals surface area contributed by atoms with Gasteiger partial charge in [0.05, 0.1) is 6.42 Å². The third-order valence-corrected chi connectivity index (χ3v) is 3.84. The number of halogens is 2. The van der Waals surface area contributed by atoms with Crippen LogP contribution in [0.2, 0.25) is 10.0 Å². The molecular weight excluding hydrogens is 351 g/mol. The van der Waals surface area contributed by atoms with Gasteiger partial charge in [-0.1, -0.05) is 46.6 Å². The summed E-state index contributed by atoms with van der Waals surface area (Å²) >= 11 is 11.8. The number of hydrogen-bond acceptors (Lipinski definition) is 5. The van der Waals surface area contributed by atoms with Crippen molar-refractivity contribution in [2.24, 2.45) is 0 Å². The van der Waals surface area contributed by atoms with Crippen molar-refractivity contribution in [1.29, 1.82) is 0 Å². The van der Waals surface area contributed by atoms with Gasteiger partial charge in [0.1, 0.15) is 0 Å². The molecule has 0 saturated heterocycles. The van der Waals surface area contributed by atoms with E-state index < -0.39 is 5.97 Å². The lowest BCUT2D eigenvalue weighted by molar-refractivity contribution is -0.144. The first-order valence-electron chi connectivity index (χ1n) is 7.09. The molecule has 0 unspecified atom stereocenters. The molecule has 3 rings (SSSR count). The molecule has 0 bridgehead atoms. The lowest BCUT2D eigenvalue weighted by Crippen LogP contribution is -2.08. The highest BCUT2D eigenvalue weighted by molar-refractivity contribution is 6.31. The summed E-state index contributed by atoms with van der Waals surface area (Å²) < 4.78 is 10.2. The number of rotatable bonds is 5. The summed E-state index contributed by atoms with van der Waals surface area (Å²) in [4.78, 5) is 16.0. The van der Waals surface area contributed by atoms with Crippen molar-refractivity contribution in [3.63, 3.8) is 0 Å². The number of carbonyl (C=O) groups is 1. The number of esters is 1. The maximum atomic E-state index is 11.9. The molecule has 24 heavy (non-hydrogen) atoms. The third-order valence-electron chi connectivity index (χ3n) is 3.22. The molecule has 0 N–H and O–H groups in total. The third kappa shape index (κ3) is 4.13. The summed E-state index contributed by atoms with van der Waals surface area (Å²) in [6.45, 7) is -0.0934. The van der Waals surface area contributed by atoms with Gasteiger partial charge < -0.3 is 9.26 Å². The van der Waals surface area contributed by atoms with Crippen LogP contribution in [0, 0.1) is 0 Å². The highest BCUT2D eigenvalue weighted by Gasteiger charge is 2.12. The quantitative estimate of drug-likeness (QED) is 0.632. The van der Waals surface area contributed by atoms with Crippen LogP contribution in [0.3, 0.4) is 0 Å². The van der Waals surface area contributed by atoms with Crippen molar-refractivity contribution in [2.45, 2.75) is 13.0 Å². The van der Waals surface area contributed by atoms with Gasteiger partial charge in [0.15, 0.2) is 6.61 Å². The molecule has 122 valence electrons. The van der Waals surface area contributed by atoms with Crippen molar-refractivity contribution in [1.82, 2.24) is 10.1 Å². The number of aromatic nitrogens is 2. The second kappa shape index (κ2) is 7.47. The molecule has 0 spiro atoms. The summed E-state index contributed by atoms with van der Waals surface area (Å²) in [5, 5.41) is 5.00. The van der Waals surface area contributed by atoms with Crippen LogP contribution in [0.4, 0.5) is 0 Å². The molecule has 7 heteroatoms. The summed E-state index contributed by atoms with van der Waals surface area (Å²) in [6.07, 6.45) is 0.0812. The molecule has 0 amide bonds. The van der Waals surface area contributed by atoms with Crippen LogP contribution in [0.1, 0.15) is 11.5 Å². The monoisotopic (exact) mass is 362 g/mol. The van der Waals surface area contributed by atoms with Gasteiger partial charge in [-0.15, -0.1) is 0 Å². The molecule has 0 saturated carbocycles. The van der Waals surface area contributed by atoms with E-state index >= 15 is 0 Å². The SMILES string of the molecule is O=C(Cc1ccccc1Cl)OCc1nc(-c2ccc(Cl)cc2)no1. The van der Waals surface area contributed by atoms with Crippen LogP contribution in [0.25, 0.3) is 11.4 Å². The Hall–Kier alpha value is -2.37. The highest BCUT2D eigenvalue weighted by atomic mass is 35.5. The van der Waals surface area contributed by atoms with E-state index in [4.69, 9.17) is 32.5 Å². The first-order chi connectivity index (χ1) is 11.6. The van der Waals surface area contributed by atoms with Crippen LogP contribution in [-0.2, 0) is 22.6 Å². The molecule has 0 aliphatic heterocycles. The van der Waals surface area contributed by atoms with Crippen LogP contribution >= 0.6 is 23.2 Å². The molecule has 0 atom stereocenters. The van der Waals surface area contributed by atoms with Crippen LogP contribution in [0.15, 0.2) is 53.1 Å². The van der Waals surface area contributed by atoms with E-state index in [1.165, 1.54) is 0 Å². The first kappa shape index (κ1) is 16.5. The van der Waals surface area contributed by atoms with E-state index in [0.29, 0.717) is 21.4 Å². The second-order valence-electron chi connectivity index (χ2n) is 4.95. The summed E-state index contributed by atoms with van der Waals surface area (Å²) in [5.41, 5.74) is 1.47. The zero-order valence-electron chi connectivity index (χ0n) is 12.4. The zero-order valence-corrected chi connectivity index (χ0v) is 13.9. The standard InChI is InChI=1S/C17H12Cl2N2O3/c18-13-7-5-11(6-8-13)17-20-15(24-21-17)10-23-16(22)9-12-3-1-2-4-14(12)19/h1-8H,9-10H2. The Morgan fingerprint density at radius 3 is 2.58 bits per heavy atom. The van der Waals surface area contributed by atoms with Gasteiger partial charge in [0.25, 0.3) is 5.89 Å². The van der Waals surface area contributed by atoms with Gasteiger partial charge in [-0.05, 0) is 35.9 Å². The van der Waals surface area contributed by atoms with E-state index in [2.05, 4.69) is 10.1 Å². The van der Waals surface area contributed by atoms with Crippen molar-refractivity contribution in [2.75, 3.05) is 0 Å². The minimum Gasteiger partial charge on any atom is -0.455 e. The Bertz CT molecular complexity index is 847. The lowest BCUT2D eigenvalue weighted by Gasteiger charge is -2.03. The molecule has 0 aliphatic rings. The molecule has 0 radical (unpaired) electrons. The Kier molecular flexibility index (Phi) is 5.13. The Morgan fingerprint density at radius 2 is 1.83 bits per heavy atom. The average Bonchev–Trinajstić information content (AvgIpc) is 3.05. The van der Waals surface area contributed by atoms with Crippen molar-refractivity contribution in [3.8, 4) is 11.4 Å². The largest absolute Gasteiger partial charge is 0.455 e. The van der Waals surface area contributed by atoms with Gasteiger partial charge in [-0.25, -0.2) is 0 Å². The second-order valence-corrected chi connectivity index (χ2v) is 5.79. The maximum Gasteiger partial charge on any atom is 0.310 e. The van der Waals surface area contributed by atoms with E-state index in [9.17, 15) is 4.79 Å². The normalized spacial score (nSPS) is 10.6. The fraction of sp³-hybridized carbons (Fsp3) is 0.118. The highest BCUT2D eigenvalue weighted by Crippen LogP contribution is 2.19. The fourth-order valence-corrected chi connectivity index (χ4v) is 2.35. The zero-order chi connectivity index (χ0) is 16.9. The molecule has 0 fully saturated rings. The topological polar surface area (TPSA) is 65.2 Å². The number of hydrogen-bond donors (Lipinski definition) is 0. The van der Waals surface area contributed by atoms with Gasteiger partial charge in [0, 0.05) is 15.6 Å². The van der Waals surface area contributed by atoms with Gasteiger partial charge >= 0.3 is 5.97 Å². The van der Waals surface area contributed by atoms with Gasteiger partial charge in [0.2, 0.25) is 5.82 Å². The summed E-state index contributed by atoms with van der Waals surface area (Å²) in [6, 6.07) is 14.1. The number of nitrogens with zero attached hydrogens (tertiary/aromatic N) is 2. The number of benzene rings is 2. The number of ether oxygens (including phenoxy) is 1. The Morgan fingerprint density at radius 1 is 1.08 bits per heavy atom. The lowest BCUT2D eigenvalue weighted by atomic mass is 10.1. The van der Waals surface area contributed by atoms with Gasteiger partial charge in [-0.3, -0.25) is 4.79 Å². The molecule has 5 nitrogen and oxygen atoms in total. The molecular formula is C17H12Cl2N2O3. The van der Waals surface area contributed by atoms with E-state index in [1.54, 1.807) is 42.5 Å². The van der Waals surface area contributed by atoms with E-state index in [-0.39, 0.29) is 18.9 Å². The average molecular weight is 363 g/mol. The molecule has 1 heterocycles. The summed E-state index contributed by atoms with van der Waals surface area (Å²) in [5.74, 6) is 0.200. The fourth-order valence-electron chi connectivity index (χ4n) is 2.02. The van der Waals surface area contributed by atoms with Crippen LogP contribution in [0.5, 0.6) is 0 Å². The smallest absolute Gasteiger partial charge is 0.310 e. The first-order valence-corrected chi connectivity index (χ1v) is 7.85. The van der Waals surface area contributed by atoms with E-state index in [1.807, 2.05) is 6.07 Å². The predicted octanol–water partition coefficient (Wildman–Crippen LogP) is 4.33. The molecule has 2 aromatic carbocycles. The van der Waals surface area contributed by atoms with E-state index in [0.717, 1.165) is 5.56 Å². The Balaban J connectivity index is 1.58. The minimum absolute atomic E-state index is 0.0812.